The number of likely N-dealkylation sites (tertiary alicyclic amines) is 1. The largest absolute Gasteiger partial charge is 0.378 e. The number of halogens is 1. The van der Waals surface area contributed by atoms with Gasteiger partial charge in [0.15, 0.2) is 0 Å². The zero-order valence-corrected chi connectivity index (χ0v) is 12.3. The second kappa shape index (κ2) is 7.25. The normalized spacial score (nSPS) is 17.8. The van der Waals surface area contributed by atoms with Crippen LogP contribution in [0.2, 0.25) is 5.02 Å². The molecule has 0 saturated carbocycles. The molecule has 1 aromatic rings. The van der Waals surface area contributed by atoms with Crippen LogP contribution < -0.4 is 5.73 Å². The zero-order chi connectivity index (χ0) is 13.7. The van der Waals surface area contributed by atoms with Crippen molar-refractivity contribution in [2.24, 2.45) is 5.73 Å². The molecule has 19 heavy (non-hydrogen) atoms. The Balaban J connectivity index is 1.88. The average molecular weight is 283 g/mol. The number of benzene rings is 1. The summed E-state index contributed by atoms with van der Waals surface area (Å²) < 4.78 is 5.67. The van der Waals surface area contributed by atoms with E-state index < -0.39 is 0 Å². The van der Waals surface area contributed by atoms with Crippen LogP contribution in [0.5, 0.6) is 0 Å². The molecule has 1 aromatic carbocycles. The van der Waals surface area contributed by atoms with Crippen LogP contribution in [-0.4, -0.2) is 30.7 Å². The topological polar surface area (TPSA) is 38.5 Å². The van der Waals surface area contributed by atoms with Crippen molar-refractivity contribution in [3.63, 3.8) is 0 Å². The van der Waals surface area contributed by atoms with Crippen LogP contribution in [0.4, 0.5) is 0 Å². The SMILES string of the molecule is CCOC1CCN(Cc2ccc(CN)cc2Cl)CC1. The first-order chi connectivity index (χ1) is 9.22. The highest BCUT2D eigenvalue weighted by molar-refractivity contribution is 6.31. The first kappa shape index (κ1) is 14.8. The molecule has 0 atom stereocenters. The number of piperidine rings is 1. The van der Waals surface area contributed by atoms with Crippen LogP contribution in [0, 0.1) is 0 Å². The monoisotopic (exact) mass is 282 g/mol. The highest BCUT2D eigenvalue weighted by Gasteiger charge is 2.19. The van der Waals surface area contributed by atoms with Gasteiger partial charge in [0.1, 0.15) is 0 Å². The zero-order valence-electron chi connectivity index (χ0n) is 11.6. The molecule has 1 fully saturated rings. The van der Waals surface area contributed by atoms with E-state index in [1.807, 2.05) is 6.07 Å². The van der Waals surface area contributed by atoms with Gasteiger partial charge in [0.2, 0.25) is 0 Å². The maximum atomic E-state index is 6.30. The van der Waals surface area contributed by atoms with E-state index in [9.17, 15) is 0 Å². The van der Waals surface area contributed by atoms with Gasteiger partial charge in [-0.15, -0.1) is 0 Å². The third-order valence-electron chi connectivity index (χ3n) is 3.68. The van der Waals surface area contributed by atoms with Gasteiger partial charge in [0.25, 0.3) is 0 Å². The van der Waals surface area contributed by atoms with Gasteiger partial charge >= 0.3 is 0 Å². The number of nitrogens with two attached hydrogens (primary N) is 1. The molecule has 2 N–H and O–H groups in total. The summed E-state index contributed by atoms with van der Waals surface area (Å²) in [6.07, 6.45) is 2.68. The first-order valence-corrected chi connectivity index (χ1v) is 7.42. The molecule has 0 aromatic heterocycles. The van der Waals surface area contributed by atoms with Crippen molar-refractivity contribution in [3.05, 3.63) is 34.3 Å². The van der Waals surface area contributed by atoms with E-state index in [4.69, 9.17) is 22.1 Å². The Labute approximate surface area is 120 Å². The van der Waals surface area contributed by atoms with E-state index in [1.165, 1.54) is 5.56 Å². The fourth-order valence-electron chi connectivity index (χ4n) is 2.56. The van der Waals surface area contributed by atoms with E-state index in [1.54, 1.807) is 0 Å². The molecule has 1 aliphatic heterocycles. The molecule has 1 aliphatic rings. The van der Waals surface area contributed by atoms with Crippen molar-refractivity contribution in [2.45, 2.75) is 39.0 Å². The number of nitrogens with zero attached hydrogens (tertiary/aromatic N) is 1. The summed E-state index contributed by atoms with van der Waals surface area (Å²) in [5.74, 6) is 0. The van der Waals surface area contributed by atoms with Gasteiger partial charge in [-0.05, 0) is 37.0 Å². The lowest BCUT2D eigenvalue weighted by Gasteiger charge is -2.31. The third kappa shape index (κ3) is 4.18. The van der Waals surface area contributed by atoms with Crippen LogP contribution in [0.3, 0.4) is 0 Å². The lowest BCUT2D eigenvalue weighted by molar-refractivity contribution is 0.0125. The molecule has 1 saturated heterocycles. The van der Waals surface area contributed by atoms with Crippen molar-refractivity contribution in [2.75, 3.05) is 19.7 Å². The van der Waals surface area contributed by atoms with Gasteiger partial charge < -0.3 is 10.5 Å². The van der Waals surface area contributed by atoms with Crippen molar-refractivity contribution >= 4 is 11.6 Å². The smallest absolute Gasteiger partial charge is 0.0599 e. The molecule has 0 amide bonds. The minimum atomic E-state index is 0.441. The molecule has 106 valence electrons. The summed E-state index contributed by atoms with van der Waals surface area (Å²) in [6, 6.07) is 6.14. The van der Waals surface area contributed by atoms with Crippen molar-refractivity contribution in [1.29, 1.82) is 0 Å². The van der Waals surface area contributed by atoms with Gasteiger partial charge in [0.05, 0.1) is 6.10 Å². The molecule has 0 aliphatic carbocycles. The Kier molecular flexibility index (Phi) is 5.64. The number of hydrogen-bond acceptors (Lipinski definition) is 3. The molecular formula is C15H23ClN2O. The summed E-state index contributed by atoms with van der Waals surface area (Å²) in [6.45, 7) is 6.50. The first-order valence-electron chi connectivity index (χ1n) is 7.04. The Morgan fingerprint density at radius 2 is 2.11 bits per heavy atom. The molecule has 0 bridgehead atoms. The Morgan fingerprint density at radius 1 is 1.37 bits per heavy atom. The highest BCUT2D eigenvalue weighted by Crippen LogP contribution is 2.22. The van der Waals surface area contributed by atoms with Crippen LogP contribution in [0.15, 0.2) is 18.2 Å². The summed E-state index contributed by atoms with van der Waals surface area (Å²) >= 11 is 6.30. The lowest BCUT2D eigenvalue weighted by atomic mass is 10.1. The van der Waals surface area contributed by atoms with E-state index in [0.29, 0.717) is 12.6 Å². The van der Waals surface area contributed by atoms with E-state index in [2.05, 4.69) is 24.0 Å². The van der Waals surface area contributed by atoms with Crippen molar-refractivity contribution in [1.82, 2.24) is 4.90 Å². The molecule has 1 heterocycles. The summed E-state index contributed by atoms with van der Waals surface area (Å²) in [5, 5.41) is 0.829. The fourth-order valence-corrected chi connectivity index (χ4v) is 2.82. The van der Waals surface area contributed by atoms with E-state index in [-0.39, 0.29) is 0 Å². The molecular weight excluding hydrogens is 260 g/mol. The molecule has 0 unspecified atom stereocenters. The number of hydrogen-bond donors (Lipinski definition) is 1. The predicted octanol–water partition coefficient (Wildman–Crippen LogP) is 2.80. The molecule has 4 heteroatoms. The Hall–Kier alpha value is -0.610. The predicted molar refractivity (Wildman–Crippen MR) is 79.3 cm³/mol. The fraction of sp³-hybridized carbons (Fsp3) is 0.600. The van der Waals surface area contributed by atoms with Gasteiger partial charge in [-0.25, -0.2) is 0 Å². The van der Waals surface area contributed by atoms with Crippen LogP contribution in [0.1, 0.15) is 30.9 Å². The second-order valence-electron chi connectivity index (χ2n) is 5.06. The molecule has 0 radical (unpaired) electrons. The van der Waals surface area contributed by atoms with Gasteiger partial charge in [-0.1, -0.05) is 23.7 Å². The van der Waals surface area contributed by atoms with Gasteiger partial charge in [0, 0.05) is 37.8 Å². The van der Waals surface area contributed by atoms with Crippen LogP contribution in [0.25, 0.3) is 0 Å². The maximum Gasteiger partial charge on any atom is 0.0599 e. The Bertz CT molecular complexity index is 403. The minimum Gasteiger partial charge on any atom is -0.378 e. The van der Waals surface area contributed by atoms with Gasteiger partial charge in [-0.2, -0.15) is 0 Å². The third-order valence-corrected chi connectivity index (χ3v) is 4.04. The molecule has 3 nitrogen and oxygen atoms in total. The summed E-state index contributed by atoms with van der Waals surface area (Å²) in [7, 11) is 0. The van der Waals surface area contributed by atoms with E-state index >= 15 is 0 Å². The minimum absolute atomic E-state index is 0.441. The highest BCUT2D eigenvalue weighted by atomic mass is 35.5. The maximum absolute atomic E-state index is 6.30. The van der Waals surface area contributed by atoms with Crippen LogP contribution >= 0.6 is 11.6 Å². The van der Waals surface area contributed by atoms with Crippen molar-refractivity contribution < 1.29 is 4.74 Å². The summed E-state index contributed by atoms with van der Waals surface area (Å²) in [5.41, 5.74) is 7.89. The molecule has 2 rings (SSSR count). The molecule has 0 spiro atoms. The number of ether oxygens (including phenoxy) is 1. The number of rotatable bonds is 5. The second-order valence-corrected chi connectivity index (χ2v) is 5.47. The van der Waals surface area contributed by atoms with Crippen LogP contribution in [-0.2, 0) is 17.8 Å². The summed E-state index contributed by atoms with van der Waals surface area (Å²) in [4.78, 5) is 2.44. The standard InChI is InChI=1S/C15H23ClN2O/c1-2-19-14-5-7-18(8-6-14)11-13-4-3-12(10-17)9-15(13)16/h3-4,9,14H,2,5-8,10-11,17H2,1H3. The quantitative estimate of drug-likeness (QED) is 0.902. The van der Waals surface area contributed by atoms with E-state index in [0.717, 1.165) is 49.7 Å². The lowest BCUT2D eigenvalue weighted by Crippen LogP contribution is -2.36. The Morgan fingerprint density at radius 3 is 2.68 bits per heavy atom. The van der Waals surface area contributed by atoms with Crippen molar-refractivity contribution in [3.8, 4) is 0 Å². The van der Waals surface area contributed by atoms with Gasteiger partial charge in [-0.3, -0.25) is 4.90 Å². The average Bonchev–Trinajstić information content (AvgIpc) is 2.43.